The molecular formula is C23H19NO6. The molecule has 7 heteroatoms. The summed E-state index contributed by atoms with van der Waals surface area (Å²) in [6, 6.07) is 16.7. The summed E-state index contributed by atoms with van der Waals surface area (Å²) in [6.07, 6.45) is 2.31. The smallest absolute Gasteiger partial charge is 0.400 e. The van der Waals surface area contributed by atoms with Gasteiger partial charge in [0.05, 0.1) is 19.1 Å². The second-order valence-corrected chi connectivity index (χ2v) is 7.12. The number of oxime groups is 1. The highest BCUT2D eigenvalue weighted by Crippen LogP contribution is 2.51. The van der Waals surface area contributed by atoms with E-state index in [2.05, 4.69) is 5.16 Å². The second-order valence-electron chi connectivity index (χ2n) is 7.12. The molecule has 0 radical (unpaired) electrons. The van der Waals surface area contributed by atoms with Crippen LogP contribution in [0.15, 0.2) is 70.4 Å². The third-order valence-corrected chi connectivity index (χ3v) is 5.30. The summed E-state index contributed by atoms with van der Waals surface area (Å²) in [4.78, 5) is 17.4. The van der Waals surface area contributed by atoms with E-state index in [1.54, 1.807) is 13.2 Å². The van der Waals surface area contributed by atoms with Crippen LogP contribution in [0, 0.1) is 5.92 Å². The average Bonchev–Trinajstić information content (AvgIpc) is 3.18. The minimum atomic E-state index is -0.633. The highest BCUT2D eigenvalue weighted by atomic mass is 16.7. The molecule has 5 rings (SSSR count). The number of hydrogen-bond acceptors (Lipinski definition) is 7. The first-order valence-electron chi connectivity index (χ1n) is 9.59. The molecule has 1 saturated carbocycles. The molecule has 0 spiro atoms. The highest BCUT2D eigenvalue weighted by Gasteiger charge is 2.43. The van der Waals surface area contributed by atoms with Crippen molar-refractivity contribution in [3.8, 4) is 17.2 Å². The lowest BCUT2D eigenvalue weighted by Gasteiger charge is -2.08. The molecule has 2 aromatic carbocycles. The Morgan fingerprint density at radius 1 is 1.07 bits per heavy atom. The van der Waals surface area contributed by atoms with E-state index in [0.717, 1.165) is 34.8 Å². The molecule has 3 aromatic rings. The van der Waals surface area contributed by atoms with Gasteiger partial charge in [-0.2, -0.15) is 0 Å². The summed E-state index contributed by atoms with van der Waals surface area (Å²) < 4.78 is 21.2. The zero-order valence-corrected chi connectivity index (χ0v) is 16.2. The van der Waals surface area contributed by atoms with Gasteiger partial charge in [0.2, 0.25) is 12.6 Å². The molecule has 152 valence electrons. The van der Waals surface area contributed by atoms with Crippen LogP contribution in [-0.4, -0.2) is 25.6 Å². The van der Waals surface area contributed by atoms with Gasteiger partial charge in [-0.25, -0.2) is 4.79 Å². The van der Waals surface area contributed by atoms with Gasteiger partial charge in [-0.3, -0.25) is 0 Å². The molecule has 2 atom stereocenters. The van der Waals surface area contributed by atoms with E-state index in [-0.39, 0.29) is 24.4 Å². The van der Waals surface area contributed by atoms with Crippen molar-refractivity contribution in [1.82, 2.24) is 0 Å². The minimum absolute atomic E-state index is 0.107. The van der Waals surface area contributed by atoms with Crippen molar-refractivity contribution < 1.29 is 28.3 Å². The number of furan rings is 1. The molecule has 2 aliphatic rings. The van der Waals surface area contributed by atoms with Crippen LogP contribution in [0.5, 0.6) is 17.2 Å². The summed E-state index contributed by atoms with van der Waals surface area (Å²) >= 11 is 0. The molecule has 7 nitrogen and oxygen atoms in total. The lowest BCUT2D eigenvalue weighted by Crippen LogP contribution is -2.09. The maximum atomic E-state index is 12.2. The first-order valence-corrected chi connectivity index (χ1v) is 9.59. The Labute approximate surface area is 172 Å². The normalized spacial score (nSPS) is 19.4. The van der Waals surface area contributed by atoms with Crippen molar-refractivity contribution in [2.45, 2.75) is 12.3 Å². The van der Waals surface area contributed by atoms with Crippen LogP contribution in [0.1, 0.15) is 34.0 Å². The van der Waals surface area contributed by atoms with Gasteiger partial charge in [0.25, 0.3) is 0 Å². The molecule has 1 aromatic heterocycles. The summed E-state index contributed by atoms with van der Waals surface area (Å²) in [5.41, 5.74) is 2.72. The van der Waals surface area contributed by atoms with Crippen LogP contribution in [0.3, 0.4) is 0 Å². The highest BCUT2D eigenvalue weighted by molar-refractivity contribution is 6.04. The predicted molar refractivity (Wildman–Crippen MR) is 107 cm³/mol. The Morgan fingerprint density at radius 3 is 2.67 bits per heavy atom. The first-order chi connectivity index (χ1) is 14.7. The average molecular weight is 405 g/mol. The van der Waals surface area contributed by atoms with Gasteiger partial charge in [0.1, 0.15) is 5.75 Å². The molecule has 0 N–H and O–H groups in total. The Morgan fingerprint density at radius 2 is 1.90 bits per heavy atom. The van der Waals surface area contributed by atoms with E-state index in [0.29, 0.717) is 5.71 Å². The standard InChI is InChI=1S/C23H19NO6/c1-26-16-7-4-14(5-8-16)22(24-30-23(25)20-3-2-10-27-20)18-12-17(18)15-6-9-19-21(11-15)29-13-28-19/h2-11,17-18H,12-13H2,1H3/b24-22-/t17-,18-/m0/s1. The van der Waals surface area contributed by atoms with Crippen molar-refractivity contribution >= 4 is 11.7 Å². The van der Waals surface area contributed by atoms with Gasteiger partial charge in [0.15, 0.2) is 11.5 Å². The number of ether oxygens (including phenoxy) is 3. The van der Waals surface area contributed by atoms with E-state index in [1.807, 2.05) is 42.5 Å². The lowest BCUT2D eigenvalue weighted by molar-refractivity contribution is 0.0479. The van der Waals surface area contributed by atoms with Gasteiger partial charge >= 0.3 is 5.97 Å². The number of methoxy groups -OCH3 is 1. The van der Waals surface area contributed by atoms with E-state index in [9.17, 15) is 4.79 Å². The first kappa shape index (κ1) is 18.3. The largest absolute Gasteiger partial charge is 0.497 e. The number of fused-ring (bicyclic) bond motifs is 1. The van der Waals surface area contributed by atoms with Crippen LogP contribution in [0.2, 0.25) is 0 Å². The summed E-state index contributed by atoms with van der Waals surface area (Å²) in [5, 5.41) is 4.23. The van der Waals surface area contributed by atoms with Crippen molar-refractivity contribution in [3.63, 3.8) is 0 Å². The molecule has 1 aliphatic heterocycles. The SMILES string of the molecule is COc1ccc(/C(=N/OC(=O)c2ccco2)[C@H]2C[C@H]2c2ccc3c(c2)OCO3)cc1. The Hall–Kier alpha value is -3.74. The summed E-state index contributed by atoms with van der Waals surface area (Å²) in [5.74, 6) is 2.10. The number of nitrogens with zero attached hydrogens (tertiary/aromatic N) is 1. The van der Waals surface area contributed by atoms with E-state index >= 15 is 0 Å². The molecule has 0 amide bonds. The predicted octanol–water partition coefficient (Wildman–Crippen LogP) is 4.38. The van der Waals surface area contributed by atoms with Crippen LogP contribution in [0.4, 0.5) is 0 Å². The topological polar surface area (TPSA) is 79.5 Å². The molecule has 0 bridgehead atoms. The third-order valence-electron chi connectivity index (χ3n) is 5.30. The van der Waals surface area contributed by atoms with E-state index < -0.39 is 5.97 Å². The maximum absolute atomic E-state index is 12.2. The molecule has 2 heterocycles. The quantitative estimate of drug-likeness (QED) is 0.344. The lowest BCUT2D eigenvalue weighted by atomic mass is 10.0. The number of carbonyl (C=O) groups excluding carboxylic acids is 1. The van der Waals surface area contributed by atoms with Crippen molar-refractivity contribution in [1.29, 1.82) is 0 Å². The van der Waals surface area contributed by atoms with Gasteiger partial charge in [-0.1, -0.05) is 11.2 Å². The Bertz CT molecular complexity index is 1090. The van der Waals surface area contributed by atoms with Crippen LogP contribution >= 0.6 is 0 Å². The monoisotopic (exact) mass is 405 g/mol. The minimum Gasteiger partial charge on any atom is -0.497 e. The molecule has 30 heavy (non-hydrogen) atoms. The zero-order chi connectivity index (χ0) is 20.5. The van der Waals surface area contributed by atoms with Crippen LogP contribution < -0.4 is 14.2 Å². The fourth-order valence-corrected chi connectivity index (χ4v) is 3.64. The fraction of sp³-hybridized carbons (Fsp3) is 0.217. The third kappa shape index (κ3) is 3.50. The Kier molecular flexibility index (Phi) is 4.63. The van der Waals surface area contributed by atoms with Crippen LogP contribution in [-0.2, 0) is 4.84 Å². The molecular weight excluding hydrogens is 386 g/mol. The second kappa shape index (κ2) is 7.59. The maximum Gasteiger partial charge on any atom is 0.400 e. The number of benzene rings is 2. The number of hydrogen-bond donors (Lipinski definition) is 0. The van der Waals surface area contributed by atoms with Gasteiger partial charge in [-0.15, -0.1) is 0 Å². The molecule has 1 aliphatic carbocycles. The van der Waals surface area contributed by atoms with Gasteiger partial charge in [0, 0.05) is 5.92 Å². The Balaban J connectivity index is 1.41. The van der Waals surface area contributed by atoms with Crippen LogP contribution in [0.25, 0.3) is 0 Å². The van der Waals surface area contributed by atoms with Gasteiger partial charge in [-0.05, 0) is 72.0 Å². The van der Waals surface area contributed by atoms with Crippen molar-refractivity contribution in [3.05, 3.63) is 77.7 Å². The fourth-order valence-electron chi connectivity index (χ4n) is 3.64. The summed E-state index contributed by atoms with van der Waals surface area (Å²) in [7, 11) is 1.62. The van der Waals surface area contributed by atoms with Crippen molar-refractivity contribution in [2.75, 3.05) is 13.9 Å². The number of rotatable bonds is 6. The zero-order valence-electron chi connectivity index (χ0n) is 16.2. The summed E-state index contributed by atoms with van der Waals surface area (Å²) in [6.45, 7) is 0.244. The molecule has 1 fully saturated rings. The van der Waals surface area contributed by atoms with Crippen molar-refractivity contribution in [2.24, 2.45) is 11.1 Å². The van der Waals surface area contributed by atoms with E-state index in [1.165, 1.54) is 12.3 Å². The molecule has 0 saturated heterocycles. The van der Waals surface area contributed by atoms with E-state index in [4.69, 9.17) is 23.5 Å². The molecule has 0 unspecified atom stereocenters. The van der Waals surface area contributed by atoms with Gasteiger partial charge < -0.3 is 23.5 Å². The number of carbonyl (C=O) groups is 1.